The molecule has 112 valence electrons. The van der Waals surface area contributed by atoms with Crippen LogP contribution in [-0.2, 0) is 4.79 Å². The third-order valence-electron chi connectivity index (χ3n) is 3.99. The van der Waals surface area contributed by atoms with E-state index in [1.54, 1.807) is 0 Å². The van der Waals surface area contributed by atoms with Crippen molar-refractivity contribution in [3.05, 3.63) is 0 Å². The van der Waals surface area contributed by atoms with E-state index >= 15 is 0 Å². The maximum absolute atomic E-state index is 12.3. The Morgan fingerprint density at radius 3 is 2.68 bits per heavy atom. The molecule has 2 unspecified atom stereocenters. The largest absolute Gasteiger partial charge is 0.339 e. The molecular weight excluding hydrogens is 238 g/mol. The molecule has 1 rings (SSSR count). The Morgan fingerprint density at radius 1 is 1.42 bits per heavy atom. The van der Waals surface area contributed by atoms with Gasteiger partial charge in [-0.1, -0.05) is 0 Å². The fourth-order valence-electron chi connectivity index (χ4n) is 3.00. The summed E-state index contributed by atoms with van der Waals surface area (Å²) in [5.41, 5.74) is 0. The molecule has 1 aliphatic heterocycles. The van der Waals surface area contributed by atoms with E-state index < -0.39 is 0 Å². The van der Waals surface area contributed by atoms with Crippen molar-refractivity contribution < 1.29 is 4.79 Å². The quantitative estimate of drug-likeness (QED) is 0.762. The molecule has 4 heteroatoms. The van der Waals surface area contributed by atoms with Gasteiger partial charge in [0, 0.05) is 25.6 Å². The van der Waals surface area contributed by atoms with Crippen LogP contribution in [0, 0.1) is 5.92 Å². The second-order valence-corrected chi connectivity index (χ2v) is 6.04. The lowest BCUT2D eigenvalue weighted by Gasteiger charge is -2.31. The van der Waals surface area contributed by atoms with Crippen LogP contribution in [0.2, 0.25) is 0 Å². The molecule has 1 fully saturated rings. The van der Waals surface area contributed by atoms with Crippen molar-refractivity contribution in [1.29, 1.82) is 0 Å². The minimum absolute atomic E-state index is 0.303. The Balaban J connectivity index is 2.35. The first kappa shape index (κ1) is 16.4. The minimum atomic E-state index is 0.303. The van der Waals surface area contributed by atoms with Crippen LogP contribution in [0.25, 0.3) is 0 Å². The molecule has 0 saturated carbocycles. The molecule has 4 nitrogen and oxygen atoms in total. The molecule has 1 amide bonds. The van der Waals surface area contributed by atoms with Gasteiger partial charge in [-0.3, -0.25) is 4.79 Å². The highest BCUT2D eigenvalue weighted by Crippen LogP contribution is 2.17. The van der Waals surface area contributed by atoms with Crippen LogP contribution in [-0.4, -0.2) is 62.0 Å². The number of piperidine rings is 1. The van der Waals surface area contributed by atoms with E-state index in [9.17, 15) is 4.79 Å². The second-order valence-electron chi connectivity index (χ2n) is 6.04. The third kappa shape index (κ3) is 5.91. The number of carbonyl (C=O) groups excluding carboxylic acids is 1. The van der Waals surface area contributed by atoms with Crippen LogP contribution in [0.15, 0.2) is 0 Å². The molecule has 0 spiro atoms. The Kier molecular flexibility index (Phi) is 7.39. The van der Waals surface area contributed by atoms with Crippen LogP contribution in [0.4, 0.5) is 0 Å². The standard InChI is InChI=1S/C15H31N3O/c1-5-18(13(2)12-17(3)4)15(19)9-8-14-7-6-10-16-11-14/h13-14,16H,5-12H2,1-4H3. The van der Waals surface area contributed by atoms with E-state index in [2.05, 4.69) is 38.2 Å². The molecular formula is C15H31N3O. The zero-order chi connectivity index (χ0) is 14.3. The number of amides is 1. The number of carbonyl (C=O) groups is 1. The molecule has 0 aromatic carbocycles. The van der Waals surface area contributed by atoms with Crippen molar-refractivity contribution in [2.75, 3.05) is 40.3 Å². The van der Waals surface area contributed by atoms with Gasteiger partial charge in [0.1, 0.15) is 0 Å². The van der Waals surface area contributed by atoms with Crippen molar-refractivity contribution in [2.45, 2.75) is 45.6 Å². The Labute approximate surface area is 118 Å². The summed E-state index contributed by atoms with van der Waals surface area (Å²) in [5, 5.41) is 3.42. The first-order chi connectivity index (χ1) is 9.04. The summed E-state index contributed by atoms with van der Waals surface area (Å²) in [7, 11) is 4.12. The van der Waals surface area contributed by atoms with Gasteiger partial charge in [-0.2, -0.15) is 0 Å². The van der Waals surface area contributed by atoms with Crippen molar-refractivity contribution >= 4 is 5.91 Å². The highest BCUT2D eigenvalue weighted by atomic mass is 16.2. The lowest BCUT2D eigenvalue weighted by atomic mass is 9.94. The normalized spacial score (nSPS) is 21.4. The van der Waals surface area contributed by atoms with Crippen LogP contribution >= 0.6 is 0 Å². The van der Waals surface area contributed by atoms with Gasteiger partial charge in [0.15, 0.2) is 0 Å². The maximum Gasteiger partial charge on any atom is 0.222 e. The average Bonchev–Trinajstić information content (AvgIpc) is 2.37. The van der Waals surface area contributed by atoms with Crippen LogP contribution in [0.5, 0.6) is 0 Å². The Morgan fingerprint density at radius 2 is 2.16 bits per heavy atom. The van der Waals surface area contributed by atoms with Crippen LogP contribution < -0.4 is 5.32 Å². The van der Waals surface area contributed by atoms with E-state index in [-0.39, 0.29) is 0 Å². The highest BCUT2D eigenvalue weighted by molar-refractivity contribution is 5.76. The number of hydrogen-bond acceptors (Lipinski definition) is 3. The van der Waals surface area contributed by atoms with Crippen LogP contribution in [0.3, 0.4) is 0 Å². The van der Waals surface area contributed by atoms with Gasteiger partial charge in [0.05, 0.1) is 0 Å². The van der Waals surface area contributed by atoms with E-state index in [1.807, 2.05) is 4.90 Å². The molecule has 0 aromatic rings. The van der Waals surface area contributed by atoms with E-state index in [0.717, 1.165) is 32.6 Å². The molecule has 19 heavy (non-hydrogen) atoms. The van der Waals surface area contributed by atoms with Gasteiger partial charge >= 0.3 is 0 Å². The first-order valence-electron chi connectivity index (χ1n) is 7.69. The summed E-state index contributed by atoms with van der Waals surface area (Å²) in [6.07, 6.45) is 4.28. The fraction of sp³-hybridized carbons (Fsp3) is 0.933. The summed E-state index contributed by atoms with van der Waals surface area (Å²) >= 11 is 0. The summed E-state index contributed by atoms with van der Waals surface area (Å²) in [4.78, 5) is 16.5. The molecule has 0 radical (unpaired) electrons. The lowest BCUT2D eigenvalue weighted by molar-refractivity contribution is -0.133. The minimum Gasteiger partial charge on any atom is -0.339 e. The van der Waals surface area contributed by atoms with Gasteiger partial charge in [0.25, 0.3) is 0 Å². The van der Waals surface area contributed by atoms with Crippen molar-refractivity contribution in [3.63, 3.8) is 0 Å². The Hall–Kier alpha value is -0.610. The molecule has 0 aliphatic carbocycles. The number of rotatable bonds is 7. The van der Waals surface area contributed by atoms with Gasteiger partial charge in [-0.05, 0) is 66.2 Å². The predicted octanol–water partition coefficient (Wildman–Crippen LogP) is 1.56. The number of nitrogens with one attached hydrogen (secondary N) is 1. The third-order valence-corrected chi connectivity index (χ3v) is 3.99. The number of hydrogen-bond donors (Lipinski definition) is 1. The zero-order valence-electron chi connectivity index (χ0n) is 13.1. The van der Waals surface area contributed by atoms with Gasteiger partial charge < -0.3 is 15.1 Å². The molecule has 2 atom stereocenters. The van der Waals surface area contributed by atoms with E-state index in [4.69, 9.17) is 0 Å². The summed E-state index contributed by atoms with van der Waals surface area (Å²) < 4.78 is 0. The highest BCUT2D eigenvalue weighted by Gasteiger charge is 2.21. The molecule has 1 aliphatic rings. The summed E-state index contributed by atoms with van der Waals surface area (Å²) in [6, 6.07) is 0.303. The molecule has 1 saturated heterocycles. The first-order valence-corrected chi connectivity index (χ1v) is 7.69. The fourth-order valence-corrected chi connectivity index (χ4v) is 3.00. The molecule has 0 aromatic heterocycles. The average molecular weight is 269 g/mol. The maximum atomic E-state index is 12.3. The molecule has 0 bridgehead atoms. The van der Waals surface area contributed by atoms with Gasteiger partial charge in [-0.15, -0.1) is 0 Å². The second kappa shape index (κ2) is 8.54. The van der Waals surface area contributed by atoms with Crippen molar-refractivity contribution in [2.24, 2.45) is 5.92 Å². The molecule has 1 N–H and O–H groups in total. The monoisotopic (exact) mass is 269 g/mol. The van der Waals surface area contributed by atoms with E-state index in [1.165, 1.54) is 12.8 Å². The smallest absolute Gasteiger partial charge is 0.222 e. The van der Waals surface area contributed by atoms with Gasteiger partial charge in [0.2, 0.25) is 5.91 Å². The molecule has 1 heterocycles. The Bertz CT molecular complexity index is 262. The van der Waals surface area contributed by atoms with Crippen LogP contribution in [0.1, 0.15) is 39.5 Å². The lowest BCUT2D eigenvalue weighted by Crippen LogP contribution is -2.44. The number of likely N-dealkylation sites (N-methyl/N-ethyl adjacent to an activating group) is 2. The summed E-state index contributed by atoms with van der Waals surface area (Å²) in [5.74, 6) is 1.02. The predicted molar refractivity (Wildman–Crippen MR) is 80.2 cm³/mol. The van der Waals surface area contributed by atoms with Gasteiger partial charge in [-0.25, -0.2) is 0 Å². The number of nitrogens with zero attached hydrogens (tertiary/aromatic N) is 2. The zero-order valence-corrected chi connectivity index (χ0v) is 13.1. The van der Waals surface area contributed by atoms with Crippen molar-refractivity contribution in [3.8, 4) is 0 Å². The topological polar surface area (TPSA) is 35.6 Å². The SMILES string of the molecule is CCN(C(=O)CCC1CCCNC1)C(C)CN(C)C. The van der Waals surface area contributed by atoms with E-state index in [0.29, 0.717) is 24.3 Å². The summed E-state index contributed by atoms with van der Waals surface area (Å²) in [6.45, 7) is 8.20. The van der Waals surface area contributed by atoms with Crippen molar-refractivity contribution in [1.82, 2.24) is 15.1 Å².